The fraction of sp³-hybridized carbons (Fsp3) is 0.100. The summed E-state index contributed by atoms with van der Waals surface area (Å²) in [6.07, 6.45) is 3.00. The number of nitrogens with one attached hydrogen (secondary N) is 2. The van der Waals surface area contributed by atoms with E-state index in [1.54, 1.807) is 61.7 Å². The van der Waals surface area contributed by atoms with Crippen LogP contribution in [0.1, 0.15) is 15.9 Å². The number of hydrogen-bond donors (Lipinski definition) is 2. The van der Waals surface area contributed by atoms with Crippen molar-refractivity contribution in [1.82, 2.24) is 4.98 Å². The zero-order valence-corrected chi connectivity index (χ0v) is 16.2. The number of sulfonamides is 1. The first-order valence-corrected chi connectivity index (χ1v) is 9.86. The number of anilines is 2. The predicted octanol–water partition coefficient (Wildman–Crippen LogP) is 3.45. The highest BCUT2D eigenvalue weighted by atomic mass is 32.2. The van der Waals surface area contributed by atoms with Crippen molar-refractivity contribution in [2.45, 2.75) is 11.8 Å². The molecule has 0 fully saturated rings. The van der Waals surface area contributed by atoms with Crippen LogP contribution in [-0.4, -0.2) is 26.4 Å². The summed E-state index contributed by atoms with van der Waals surface area (Å²) in [5.41, 5.74) is 1.71. The van der Waals surface area contributed by atoms with Crippen LogP contribution in [0.3, 0.4) is 0 Å². The smallest absolute Gasteiger partial charge is 0.262 e. The van der Waals surface area contributed by atoms with E-state index in [-0.39, 0.29) is 10.8 Å². The second kappa shape index (κ2) is 8.10. The van der Waals surface area contributed by atoms with Crippen LogP contribution in [0.15, 0.2) is 71.9 Å². The van der Waals surface area contributed by atoms with Crippen LogP contribution in [-0.2, 0) is 10.0 Å². The van der Waals surface area contributed by atoms with Crippen molar-refractivity contribution in [2.24, 2.45) is 0 Å². The van der Waals surface area contributed by atoms with E-state index in [4.69, 9.17) is 4.74 Å². The van der Waals surface area contributed by atoms with Gasteiger partial charge in [0.1, 0.15) is 5.75 Å². The summed E-state index contributed by atoms with van der Waals surface area (Å²) < 4.78 is 33.2. The Morgan fingerprint density at radius 2 is 1.75 bits per heavy atom. The molecule has 0 aliphatic rings. The Hall–Kier alpha value is -3.39. The summed E-state index contributed by atoms with van der Waals surface area (Å²) in [4.78, 5) is 16.3. The molecule has 0 bridgehead atoms. The molecule has 144 valence electrons. The van der Waals surface area contributed by atoms with Gasteiger partial charge in [-0.05, 0) is 61.0 Å². The number of ether oxygens (including phenoxy) is 1. The minimum absolute atomic E-state index is 0.0762. The largest absolute Gasteiger partial charge is 0.497 e. The molecule has 0 saturated carbocycles. The van der Waals surface area contributed by atoms with Gasteiger partial charge < -0.3 is 10.1 Å². The maximum Gasteiger partial charge on any atom is 0.262 e. The molecule has 7 nitrogen and oxygen atoms in total. The van der Waals surface area contributed by atoms with Crippen LogP contribution in [0.4, 0.5) is 11.4 Å². The molecule has 3 rings (SSSR count). The van der Waals surface area contributed by atoms with Crippen molar-refractivity contribution in [2.75, 3.05) is 17.1 Å². The van der Waals surface area contributed by atoms with E-state index in [9.17, 15) is 13.2 Å². The van der Waals surface area contributed by atoms with E-state index in [0.29, 0.717) is 28.3 Å². The van der Waals surface area contributed by atoms with Crippen LogP contribution in [0, 0.1) is 6.92 Å². The Morgan fingerprint density at radius 3 is 2.39 bits per heavy atom. The number of carbonyl (C=O) groups is 1. The van der Waals surface area contributed by atoms with Gasteiger partial charge in [0.2, 0.25) is 0 Å². The summed E-state index contributed by atoms with van der Waals surface area (Å²) in [6, 6.07) is 14.5. The first kappa shape index (κ1) is 19.4. The number of carbonyl (C=O) groups excluding carboxylic acids is 1. The van der Waals surface area contributed by atoms with E-state index in [0.717, 1.165) is 0 Å². The standard InChI is InChI=1S/C20H19N3O4S/c1-14-5-6-17(22-20(24)15-4-3-11-21-13-15)12-19(14)28(25,26)23-16-7-9-18(27-2)10-8-16/h3-13,23H,1-2H3,(H,22,24). The zero-order valence-electron chi connectivity index (χ0n) is 15.3. The average Bonchev–Trinajstić information content (AvgIpc) is 2.70. The van der Waals surface area contributed by atoms with E-state index < -0.39 is 10.0 Å². The molecule has 3 aromatic rings. The number of aromatic nitrogens is 1. The predicted molar refractivity (Wildman–Crippen MR) is 107 cm³/mol. The molecule has 28 heavy (non-hydrogen) atoms. The van der Waals surface area contributed by atoms with E-state index in [1.807, 2.05) is 0 Å². The average molecular weight is 397 g/mol. The Morgan fingerprint density at radius 1 is 1.04 bits per heavy atom. The maximum atomic E-state index is 12.8. The number of aryl methyl sites for hydroxylation is 1. The van der Waals surface area contributed by atoms with Crippen LogP contribution in [0.5, 0.6) is 5.75 Å². The molecule has 1 amide bonds. The number of pyridine rings is 1. The molecule has 0 unspecified atom stereocenters. The van der Waals surface area contributed by atoms with Gasteiger partial charge in [-0.25, -0.2) is 8.42 Å². The summed E-state index contributed by atoms with van der Waals surface area (Å²) in [5.74, 6) is 0.252. The second-order valence-electron chi connectivity index (χ2n) is 6.01. The third-order valence-electron chi connectivity index (χ3n) is 4.00. The number of methoxy groups -OCH3 is 1. The SMILES string of the molecule is COc1ccc(NS(=O)(=O)c2cc(NC(=O)c3cccnc3)ccc2C)cc1. The van der Waals surface area contributed by atoms with Gasteiger partial charge in [0.05, 0.1) is 17.6 Å². The topological polar surface area (TPSA) is 97.4 Å². The summed E-state index contributed by atoms with van der Waals surface area (Å²) >= 11 is 0. The van der Waals surface area contributed by atoms with E-state index in [2.05, 4.69) is 15.0 Å². The van der Waals surface area contributed by atoms with Gasteiger partial charge in [-0.1, -0.05) is 6.07 Å². The monoisotopic (exact) mass is 397 g/mol. The summed E-state index contributed by atoms with van der Waals surface area (Å²) in [6.45, 7) is 1.69. The summed E-state index contributed by atoms with van der Waals surface area (Å²) in [7, 11) is -2.31. The van der Waals surface area contributed by atoms with Crippen molar-refractivity contribution < 1.29 is 17.9 Å². The van der Waals surface area contributed by atoms with Crippen LogP contribution in [0.2, 0.25) is 0 Å². The molecule has 8 heteroatoms. The maximum absolute atomic E-state index is 12.8. The fourth-order valence-corrected chi connectivity index (χ4v) is 3.87. The lowest BCUT2D eigenvalue weighted by atomic mass is 10.2. The molecule has 1 aromatic heterocycles. The highest BCUT2D eigenvalue weighted by Crippen LogP contribution is 2.24. The highest BCUT2D eigenvalue weighted by Gasteiger charge is 2.18. The number of rotatable bonds is 6. The third kappa shape index (κ3) is 4.47. The molecule has 0 aliphatic heterocycles. The van der Waals surface area contributed by atoms with Gasteiger partial charge in [-0.15, -0.1) is 0 Å². The van der Waals surface area contributed by atoms with Gasteiger partial charge in [0.15, 0.2) is 0 Å². The molecule has 0 spiro atoms. The molecule has 0 saturated heterocycles. The molecule has 2 aromatic carbocycles. The van der Waals surface area contributed by atoms with Gasteiger partial charge in [0.25, 0.3) is 15.9 Å². The first-order valence-electron chi connectivity index (χ1n) is 8.38. The van der Waals surface area contributed by atoms with E-state index in [1.165, 1.54) is 19.4 Å². The van der Waals surface area contributed by atoms with Crippen LogP contribution < -0.4 is 14.8 Å². The normalized spacial score (nSPS) is 10.9. The minimum atomic E-state index is -3.84. The fourth-order valence-electron chi connectivity index (χ4n) is 2.54. The van der Waals surface area contributed by atoms with Crippen LogP contribution >= 0.6 is 0 Å². The van der Waals surface area contributed by atoms with Gasteiger partial charge in [-0.2, -0.15) is 0 Å². The quantitative estimate of drug-likeness (QED) is 0.664. The van der Waals surface area contributed by atoms with Crippen molar-refractivity contribution in [3.05, 3.63) is 78.1 Å². The molecular formula is C20H19N3O4S. The molecule has 1 heterocycles. The van der Waals surface area contributed by atoms with Crippen molar-refractivity contribution in [3.63, 3.8) is 0 Å². The second-order valence-corrected chi connectivity index (χ2v) is 7.66. The lowest BCUT2D eigenvalue weighted by Gasteiger charge is -2.13. The van der Waals surface area contributed by atoms with Gasteiger partial charge >= 0.3 is 0 Å². The Kier molecular flexibility index (Phi) is 5.60. The lowest BCUT2D eigenvalue weighted by molar-refractivity contribution is 0.102. The van der Waals surface area contributed by atoms with Crippen LogP contribution in [0.25, 0.3) is 0 Å². The number of nitrogens with zero attached hydrogens (tertiary/aromatic N) is 1. The molecule has 0 atom stereocenters. The molecular weight excluding hydrogens is 378 g/mol. The van der Waals surface area contributed by atoms with Gasteiger partial charge in [-0.3, -0.25) is 14.5 Å². The zero-order chi connectivity index (χ0) is 20.1. The lowest BCUT2D eigenvalue weighted by Crippen LogP contribution is -2.16. The molecule has 0 radical (unpaired) electrons. The number of amides is 1. The van der Waals surface area contributed by atoms with Crippen molar-refractivity contribution in [1.29, 1.82) is 0 Å². The Balaban J connectivity index is 1.84. The first-order chi connectivity index (χ1) is 13.4. The summed E-state index contributed by atoms with van der Waals surface area (Å²) in [5, 5.41) is 2.69. The van der Waals surface area contributed by atoms with Gasteiger partial charge in [0, 0.05) is 23.8 Å². The van der Waals surface area contributed by atoms with E-state index >= 15 is 0 Å². The third-order valence-corrected chi connectivity index (χ3v) is 5.52. The minimum Gasteiger partial charge on any atom is -0.497 e. The number of hydrogen-bond acceptors (Lipinski definition) is 5. The Bertz CT molecular complexity index is 1080. The highest BCUT2D eigenvalue weighted by molar-refractivity contribution is 7.92. The number of benzene rings is 2. The van der Waals surface area contributed by atoms with Crippen molar-refractivity contribution in [3.8, 4) is 5.75 Å². The molecule has 2 N–H and O–H groups in total. The molecule has 0 aliphatic carbocycles. The van der Waals surface area contributed by atoms with Crippen molar-refractivity contribution >= 4 is 27.3 Å². The Labute approximate surface area is 163 Å².